The molecule has 1 unspecified atom stereocenters. The van der Waals surface area contributed by atoms with Crippen molar-refractivity contribution >= 4 is 12.6 Å². The minimum absolute atomic E-state index is 0.609. The maximum Gasteiger partial charge on any atom is 0.488 e. The molecule has 2 rings (SSSR count). The average Bonchev–Trinajstić information content (AvgIpc) is 2.75. The minimum atomic E-state index is -1.39. The lowest BCUT2D eigenvalue weighted by Gasteiger charge is -2.22. The van der Waals surface area contributed by atoms with Crippen LogP contribution in [0.2, 0.25) is 0 Å². The van der Waals surface area contributed by atoms with E-state index in [4.69, 9.17) is 0 Å². The Kier molecular flexibility index (Phi) is 4.99. The molecule has 0 saturated carbocycles. The fraction of sp³-hybridized carbons (Fsp3) is 0.571. The Hall–Kier alpha value is -0.875. The van der Waals surface area contributed by atoms with Crippen molar-refractivity contribution in [3.05, 3.63) is 29.8 Å². The summed E-state index contributed by atoms with van der Waals surface area (Å²) < 4.78 is 0. The molecule has 0 bridgehead atoms. The fourth-order valence-electron chi connectivity index (χ4n) is 2.90. The van der Waals surface area contributed by atoms with Gasteiger partial charge in [0.2, 0.25) is 0 Å². The number of hydrogen-bond donors (Lipinski definition) is 2. The highest BCUT2D eigenvalue weighted by molar-refractivity contribution is 6.59. The first-order valence-corrected chi connectivity index (χ1v) is 6.87. The molecule has 1 aliphatic heterocycles. The summed E-state index contributed by atoms with van der Waals surface area (Å²) in [6, 6.07) is 7.52. The summed E-state index contributed by atoms with van der Waals surface area (Å²) in [5.41, 5.74) is 1.60. The van der Waals surface area contributed by atoms with Gasteiger partial charge in [-0.1, -0.05) is 24.3 Å². The summed E-state index contributed by atoms with van der Waals surface area (Å²) in [5, 5.41) is 18.7. The maximum absolute atomic E-state index is 9.37. The van der Waals surface area contributed by atoms with Gasteiger partial charge in [-0.05, 0) is 44.0 Å². The molecule has 1 aliphatic rings. The SMILES string of the molecule is CN1CCC(CN(C)Cc2ccccc2B(O)O)C1. The van der Waals surface area contributed by atoms with E-state index in [-0.39, 0.29) is 0 Å². The third-order valence-corrected chi connectivity index (χ3v) is 3.83. The van der Waals surface area contributed by atoms with Crippen molar-refractivity contribution in [1.29, 1.82) is 0 Å². The topological polar surface area (TPSA) is 46.9 Å². The minimum Gasteiger partial charge on any atom is -0.423 e. The molecule has 2 N–H and O–H groups in total. The largest absolute Gasteiger partial charge is 0.488 e. The van der Waals surface area contributed by atoms with Gasteiger partial charge in [0, 0.05) is 19.6 Å². The molecule has 0 amide bonds. The number of nitrogens with zero attached hydrogens (tertiary/aromatic N) is 2. The van der Waals surface area contributed by atoms with E-state index in [1.54, 1.807) is 6.07 Å². The molecule has 1 fully saturated rings. The number of likely N-dealkylation sites (tertiary alicyclic amines) is 1. The van der Waals surface area contributed by atoms with Crippen LogP contribution >= 0.6 is 0 Å². The van der Waals surface area contributed by atoms with Crippen molar-refractivity contribution < 1.29 is 10.0 Å². The Balaban J connectivity index is 1.93. The molecular formula is C14H23BN2O2. The summed E-state index contributed by atoms with van der Waals surface area (Å²) in [5.74, 6) is 0.723. The third kappa shape index (κ3) is 4.04. The molecule has 0 aliphatic carbocycles. The van der Waals surface area contributed by atoms with Crippen molar-refractivity contribution in [2.24, 2.45) is 5.92 Å². The molecule has 0 radical (unpaired) electrons. The van der Waals surface area contributed by atoms with Gasteiger partial charge in [0.15, 0.2) is 0 Å². The highest BCUT2D eigenvalue weighted by Crippen LogP contribution is 2.16. The smallest absolute Gasteiger partial charge is 0.423 e. The summed E-state index contributed by atoms with van der Waals surface area (Å²) >= 11 is 0. The van der Waals surface area contributed by atoms with E-state index in [0.717, 1.165) is 31.1 Å². The number of benzene rings is 1. The lowest BCUT2D eigenvalue weighted by molar-refractivity contribution is 0.267. The Morgan fingerprint density at radius 2 is 2.11 bits per heavy atom. The Morgan fingerprint density at radius 1 is 1.37 bits per heavy atom. The number of hydrogen-bond acceptors (Lipinski definition) is 4. The maximum atomic E-state index is 9.37. The zero-order valence-corrected chi connectivity index (χ0v) is 11.8. The highest BCUT2D eigenvalue weighted by atomic mass is 16.4. The Labute approximate surface area is 115 Å². The average molecular weight is 262 g/mol. The van der Waals surface area contributed by atoms with Gasteiger partial charge in [-0.3, -0.25) is 0 Å². The van der Waals surface area contributed by atoms with Crippen LogP contribution in [-0.4, -0.2) is 60.7 Å². The second-order valence-electron chi connectivity index (χ2n) is 5.69. The van der Waals surface area contributed by atoms with E-state index in [9.17, 15) is 10.0 Å². The fourth-order valence-corrected chi connectivity index (χ4v) is 2.90. The normalized spacial score (nSPS) is 20.2. The molecule has 104 valence electrons. The van der Waals surface area contributed by atoms with Gasteiger partial charge < -0.3 is 19.8 Å². The van der Waals surface area contributed by atoms with Gasteiger partial charge in [0.1, 0.15) is 0 Å². The molecule has 1 aromatic rings. The van der Waals surface area contributed by atoms with E-state index in [1.807, 2.05) is 18.2 Å². The molecule has 0 spiro atoms. The van der Waals surface area contributed by atoms with E-state index < -0.39 is 7.12 Å². The summed E-state index contributed by atoms with van der Waals surface area (Å²) in [7, 11) is 2.87. The molecule has 19 heavy (non-hydrogen) atoms. The van der Waals surface area contributed by atoms with Crippen molar-refractivity contribution in [1.82, 2.24) is 9.80 Å². The number of rotatable bonds is 5. The van der Waals surface area contributed by atoms with Gasteiger partial charge in [0.05, 0.1) is 0 Å². The zero-order valence-electron chi connectivity index (χ0n) is 11.8. The third-order valence-electron chi connectivity index (χ3n) is 3.83. The first kappa shape index (κ1) is 14.5. The van der Waals surface area contributed by atoms with Crippen LogP contribution < -0.4 is 5.46 Å². The van der Waals surface area contributed by atoms with Gasteiger partial charge in [-0.2, -0.15) is 0 Å². The predicted octanol–water partition coefficient (Wildman–Crippen LogP) is -0.250. The van der Waals surface area contributed by atoms with E-state index in [1.165, 1.54) is 13.0 Å². The summed E-state index contributed by atoms with van der Waals surface area (Å²) in [4.78, 5) is 4.63. The highest BCUT2D eigenvalue weighted by Gasteiger charge is 2.22. The van der Waals surface area contributed by atoms with Crippen LogP contribution in [0, 0.1) is 5.92 Å². The molecule has 1 aromatic carbocycles. The van der Waals surface area contributed by atoms with Crippen molar-refractivity contribution in [3.8, 4) is 0 Å². The molecule has 4 nitrogen and oxygen atoms in total. The van der Waals surface area contributed by atoms with Crippen molar-refractivity contribution in [3.63, 3.8) is 0 Å². The van der Waals surface area contributed by atoms with E-state index >= 15 is 0 Å². The van der Waals surface area contributed by atoms with Crippen molar-refractivity contribution in [2.75, 3.05) is 33.7 Å². The Bertz CT molecular complexity index is 414. The van der Waals surface area contributed by atoms with Crippen LogP contribution in [0.4, 0.5) is 0 Å². The first-order valence-electron chi connectivity index (χ1n) is 6.87. The standard InChI is InChI=1S/C14H23BN2O2/c1-16-8-7-12(9-16)10-17(2)11-13-5-3-4-6-14(13)15(18)19/h3-6,12,18-19H,7-11H2,1-2H3. The predicted molar refractivity (Wildman–Crippen MR) is 78.2 cm³/mol. The quantitative estimate of drug-likeness (QED) is 0.718. The van der Waals surface area contributed by atoms with Crippen LogP contribution in [0.15, 0.2) is 24.3 Å². The van der Waals surface area contributed by atoms with Crippen molar-refractivity contribution in [2.45, 2.75) is 13.0 Å². The molecule has 5 heteroatoms. The molecule has 0 aromatic heterocycles. The summed E-state index contributed by atoms with van der Waals surface area (Å²) in [6.07, 6.45) is 1.26. The monoisotopic (exact) mass is 262 g/mol. The Morgan fingerprint density at radius 3 is 2.74 bits per heavy atom. The summed E-state index contributed by atoms with van der Waals surface area (Å²) in [6.45, 7) is 4.16. The molecular weight excluding hydrogens is 239 g/mol. The van der Waals surface area contributed by atoms with Crippen LogP contribution in [0.5, 0.6) is 0 Å². The van der Waals surface area contributed by atoms with Gasteiger partial charge >= 0.3 is 7.12 Å². The molecule has 1 heterocycles. The van der Waals surface area contributed by atoms with Crippen LogP contribution in [0.3, 0.4) is 0 Å². The van der Waals surface area contributed by atoms with Crippen LogP contribution in [0.1, 0.15) is 12.0 Å². The van der Waals surface area contributed by atoms with Gasteiger partial charge in [0.25, 0.3) is 0 Å². The second kappa shape index (κ2) is 6.52. The zero-order chi connectivity index (χ0) is 13.8. The van der Waals surface area contributed by atoms with E-state index in [0.29, 0.717) is 5.46 Å². The van der Waals surface area contributed by atoms with E-state index in [2.05, 4.69) is 23.9 Å². The molecule has 1 saturated heterocycles. The van der Waals surface area contributed by atoms with Gasteiger partial charge in [-0.25, -0.2) is 0 Å². The first-order chi connectivity index (χ1) is 9.06. The van der Waals surface area contributed by atoms with Crippen LogP contribution in [0.25, 0.3) is 0 Å². The second-order valence-corrected chi connectivity index (χ2v) is 5.69. The lowest BCUT2D eigenvalue weighted by Crippen LogP contribution is -2.36. The van der Waals surface area contributed by atoms with Crippen LogP contribution in [-0.2, 0) is 6.54 Å². The molecule has 1 atom stereocenters. The van der Waals surface area contributed by atoms with Gasteiger partial charge in [-0.15, -0.1) is 0 Å². The lowest BCUT2D eigenvalue weighted by atomic mass is 9.77.